The van der Waals surface area contributed by atoms with Gasteiger partial charge in [-0.2, -0.15) is 0 Å². The molecule has 4 nitrogen and oxygen atoms in total. The Bertz CT molecular complexity index is 596. The molecule has 98 valence electrons. The second-order valence-electron chi connectivity index (χ2n) is 4.45. The Labute approximate surface area is 112 Å². The summed E-state index contributed by atoms with van der Waals surface area (Å²) in [6.07, 6.45) is 0.983. The van der Waals surface area contributed by atoms with Crippen LogP contribution in [0.1, 0.15) is 34.2 Å². The topological polar surface area (TPSA) is 63.1 Å². The van der Waals surface area contributed by atoms with Gasteiger partial charge in [0.15, 0.2) is 5.82 Å². The number of hydrogen-bond acceptors (Lipinski definition) is 3. The van der Waals surface area contributed by atoms with Crippen LogP contribution in [-0.2, 0) is 6.42 Å². The first-order chi connectivity index (χ1) is 9.02. The molecule has 1 N–H and O–H groups in total. The van der Waals surface area contributed by atoms with Crippen LogP contribution in [0, 0.1) is 13.8 Å². The fourth-order valence-electron chi connectivity index (χ4n) is 2.04. The molecule has 0 aliphatic carbocycles. The van der Waals surface area contributed by atoms with Crippen LogP contribution in [-0.4, -0.2) is 21.0 Å². The molecule has 0 atom stereocenters. The minimum atomic E-state index is -0.983. The van der Waals surface area contributed by atoms with E-state index in [1.165, 1.54) is 5.56 Å². The maximum Gasteiger partial charge on any atom is 0.339 e. The zero-order valence-electron chi connectivity index (χ0n) is 11.3. The molecule has 0 aliphatic rings. The lowest BCUT2D eigenvalue weighted by Crippen LogP contribution is -2.08. The molecule has 1 aromatic heterocycles. The Morgan fingerprint density at radius 1 is 1.11 bits per heavy atom. The minimum absolute atomic E-state index is 0.189. The molecule has 0 amide bonds. The second kappa shape index (κ2) is 5.18. The number of aromatic carboxylic acids is 1. The first kappa shape index (κ1) is 13.2. The van der Waals surface area contributed by atoms with Gasteiger partial charge in [0.2, 0.25) is 0 Å². The van der Waals surface area contributed by atoms with Crippen molar-refractivity contribution < 1.29 is 9.90 Å². The number of carboxylic acid groups (broad SMARTS) is 1. The number of benzene rings is 1. The third-order valence-electron chi connectivity index (χ3n) is 3.11. The molecule has 0 spiro atoms. The van der Waals surface area contributed by atoms with Crippen LogP contribution in [0.4, 0.5) is 0 Å². The first-order valence-corrected chi connectivity index (χ1v) is 6.20. The van der Waals surface area contributed by atoms with Crippen molar-refractivity contribution in [1.82, 2.24) is 9.97 Å². The maximum absolute atomic E-state index is 11.1. The van der Waals surface area contributed by atoms with Crippen LogP contribution in [0.2, 0.25) is 0 Å². The summed E-state index contributed by atoms with van der Waals surface area (Å²) in [6, 6.07) is 8.00. The van der Waals surface area contributed by atoms with Crippen LogP contribution < -0.4 is 0 Å². The summed E-state index contributed by atoms with van der Waals surface area (Å²) in [5.74, 6) is -0.412. The predicted octanol–water partition coefficient (Wildman–Crippen LogP) is 3.02. The molecule has 0 fully saturated rings. The van der Waals surface area contributed by atoms with Crippen molar-refractivity contribution in [2.45, 2.75) is 27.2 Å². The van der Waals surface area contributed by atoms with Crippen molar-refractivity contribution in [3.05, 3.63) is 46.8 Å². The van der Waals surface area contributed by atoms with Crippen molar-refractivity contribution in [1.29, 1.82) is 0 Å². The van der Waals surface area contributed by atoms with Gasteiger partial charge in [-0.25, -0.2) is 14.8 Å². The van der Waals surface area contributed by atoms with Gasteiger partial charge in [-0.3, -0.25) is 0 Å². The molecule has 0 radical (unpaired) electrons. The monoisotopic (exact) mass is 256 g/mol. The Balaban J connectivity index is 2.48. The molecule has 19 heavy (non-hydrogen) atoms. The summed E-state index contributed by atoms with van der Waals surface area (Å²) < 4.78 is 0. The van der Waals surface area contributed by atoms with Crippen molar-refractivity contribution in [3.8, 4) is 11.4 Å². The molecule has 0 saturated carbocycles. The van der Waals surface area contributed by atoms with E-state index in [4.69, 9.17) is 5.11 Å². The summed E-state index contributed by atoms with van der Waals surface area (Å²) in [5, 5.41) is 9.10. The van der Waals surface area contributed by atoms with Crippen LogP contribution in [0.5, 0.6) is 0 Å². The SMILES string of the molecule is CCc1ccc(-c2nc(C)c(C(=O)O)c(C)n2)cc1. The number of aryl methyl sites for hydroxylation is 3. The summed E-state index contributed by atoms with van der Waals surface area (Å²) in [5.41, 5.74) is 3.33. The van der Waals surface area contributed by atoms with E-state index in [0.29, 0.717) is 17.2 Å². The first-order valence-electron chi connectivity index (χ1n) is 6.20. The standard InChI is InChI=1S/C15H16N2O2/c1-4-11-5-7-12(8-6-11)14-16-9(2)13(15(18)19)10(3)17-14/h5-8H,4H2,1-3H3,(H,18,19). The molecule has 1 heterocycles. The van der Waals surface area contributed by atoms with Gasteiger partial charge >= 0.3 is 5.97 Å². The van der Waals surface area contributed by atoms with E-state index in [0.717, 1.165) is 12.0 Å². The van der Waals surface area contributed by atoms with Gasteiger partial charge in [0.05, 0.1) is 11.4 Å². The number of hydrogen-bond donors (Lipinski definition) is 1. The van der Waals surface area contributed by atoms with Crippen LogP contribution in [0.25, 0.3) is 11.4 Å². The van der Waals surface area contributed by atoms with Crippen LogP contribution in [0.3, 0.4) is 0 Å². The molecule has 0 saturated heterocycles. The summed E-state index contributed by atoms with van der Waals surface area (Å²) >= 11 is 0. The van der Waals surface area contributed by atoms with E-state index in [1.807, 2.05) is 24.3 Å². The maximum atomic E-state index is 11.1. The smallest absolute Gasteiger partial charge is 0.339 e. The fraction of sp³-hybridized carbons (Fsp3) is 0.267. The van der Waals surface area contributed by atoms with E-state index < -0.39 is 5.97 Å². The van der Waals surface area contributed by atoms with Gasteiger partial charge < -0.3 is 5.11 Å². The third kappa shape index (κ3) is 2.62. The lowest BCUT2D eigenvalue weighted by molar-refractivity contribution is 0.0694. The Morgan fingerprint density at radius 2 is 1.63 bits per heavy atom. The predicted molar refractivity (Wildman–Crippen MR) is 73.3 cm³/mol. The number of nitrogens with zero attached hydrogens (tertiary/aromatic N) is 2. The van der Waals surface area contributed by atoms with E-state index in [9.17, 15) is 4.79 Å². The summed E-state index contributed by atoms with van der Waals surface area (Å²) in [6.45, 7) is 5.49. The van der Waals surface area contributed by atoms with E-state index in [-0.39, 0.29) is 5.56 Å². The van der Waals surface area contributed by atoms with Gasteiger partial charge in [0.1, 0.15) is 5.56 Å². The zero-order valence-corrected chi connectivity index (χ0v) is 11.3. The number of carbonyl (C=O) groups is 1. The lowest BCUT2D eigenvalue weighted by Gasteiger charge is -2.08. The minimum Gasteiger partial charge on any atom is -0.478 e. The van der Waals surface area contributed by atoms with Crippen molar-refractivity contribution in [3.63, 3.8) is 0 Å². The molecule has 0 unspecified atom stereocenters. The highest BCUT2D eigenvalue weighted by molar-refractivity contribution is 5.90. The highest BCUT2D eigenvalue weighted by Gasteiger charge is 2.15. The second-order valence-corrected chi connectivity index (χ2v) is 4.45. The van der Waals surface area contributed by atoms with Gasteiger partial charge in [-0.15, -0.1) is 0 Å². The number of carboxylic acids is 1. The van der Waals surface area contributed by atoms with Crippen molar-refractivity contribution >= 4 is 5.97 Å². The van der Waals surface area contributed by atoms with Crippen molar-refractivity contribution in [2.24, 2.45) is 0 Å². The average Bonchev–Trinajstić information content (AvgIpc) is 2.37. The Hall–Kier alpha value is -2.23. The van der Waals surface area contributed by atoms with E-state index >= 15 is 0 Å². The lowest BCUT2D eigenvalue weighted by atomic mass is 10.1. The van der Waals surface area contributed by atoms with E-state index in [2.05, 4.69) is 16.9 Å². The van der Waals surface area contributed by atoms with Crippen LogP contribution >= 0.6 is 0 Å². The molecular formula is C15H16N2O2. The molecule has 0 bridgehead atoms. The number of rotatable bonds is 3. The molecule has 2 rings (SSSR count). The number of aromatic nitrogens is 2. The van der Waals surface area contributed by atoms with Crippen LogP contribution in [0.15, 0.2) is 24.3 Å². The largest absolute Gasteiger partial charge is 0.478 e. The fourth-order valence-corrected chi connectivity index (χ4v) is 2.04. The molecule has 0 aliphatic heterocycles. The highest BCUT2D eigenvalue weighted by Crippen LogP contribution is 2.19. The highest BCUT2D eigenvalue weighted by atomic mass is 16.4. The molecule has 4 heteroatoms. The Kier molecular flexibility index (Phi) is 3.60. The summed E-state index contributed by atoms with van der Waals surface area (Å²) in [4.78, 5) is 19.7. The average molecular weight is 256 g/mol. The quantitative estimate of drug-likeness (QED) is 0.916. The van der Waals surface area contributed by atoms with Gasteiger partial charge in [-0.05, 0) is 25.8 Å². The van der Waals surface area contributed by atoms with Gasteiger partial charge in [0.25, 0.3) is 0 Å². The summed E-state index contributed by atoms with van der Waals surface area (Å²) in [7, 11) is 0. The van der Waals surface area contributed by atoms with Crippen molar-refractivity contribution in [2.75, 3.05) is 0 Å². The normalized spacial score (nSPS) is 10.5. The van der Waals surface area contributed by atoms with Gasteiger partial charge in [0, 0.05) is 5.56 Å². The van der Waals surface area contributed by atoms with Gasteiger partial charge in [-0.1, -0.05) is 31.2 Å². The molecular weight excluding hydrogens is 240 g/mol. The zero-order chi connectivity index (χ0) is 14.0. The molecule has 1 aromatic carbocycles. The molecule has 2 aromatic rings. The Morgan fingerprint density at radius 3 is 2.05 bits per heavy atom. The third-order valence-corrected chi connectivity index (χ3v) is 3.11. The van der Waals surface area contributed by atoms with E-state index in [1.54, 1.807) is 13.8 Å².